The number of ether oxygens (including phenoxy) is 1. The first-order valence-electron chi connectivity index (χ1n) is 9.19. The van der Waals surface area contributed by atoms with Crippen LogP contribution in [0.1, 0.15) is 25.1 Å². The summed E-state index contributed by atoms with van der Waals surface area (Å²) in [5.74, 6) is 0.593. The second kappa shape index (κ2) is 9.33. The summed E-state index contributed by atoms with van der Waals surface area (Å²) in [6, 6.07) is 18.0. The van der Waals surface area contributed by atoms with E-state index >= 15 is 0 Å². The van der Waals surface area contributed by atoms with Crippen molar-refractivity contribution >= 4 is 17.2 Å². The number of hydrogen-bond donors (Lipinski definition) is 1. The molecular weight excluding hydrogens is 356 g/mol. The van der Waals surface area contributed by atoms with Crippen molar-refractivity contribution in [2.45, 2.75) is 32.8 Å². The molecule has 3 aromatic rings. The molecular formula is C22H24N2O2S. The van der Waals surface area contributed by atoms with Gasteiger partial charge in [0.2, 0.25) is 0 Å². The van der Waals surface area contributed by atoms with Gasteiger partial charge in [-0.3, -0.25) is 4.79 Å². The van der Waals surface area contributed by atoms with Crippen LogP contribution in [0.4, 0.5) is 0 Å². The van der Waals surface area contributed by atoms with E-state index in [2.05, 4.69) is 29.4 Å². The van der Waals surface area contributed by atoms with Crippen molar-refractivity contribution in [3.63, 3.8) is 0 Å². The first kappa shape index (κ1) is 19.1. The fraction of sp³-hybridized carbons (Fsp3) is 0.273. The van der Waals surface area contributed by atoms with E-state index in [1.165, 1.54) is 5.56 Å². The van der Waals surface area contributed by atoms with Gasteiger partial charge in [-0.25, -0.2) is 4.98 Å². The molecule has 1 amide bonds. The predicted molar refractivity (Wildman–Crippen MR) is 110 cm³/mol. The number of thiazole rings is 1. The summed E-state index contributed by atoms with van der Waals surface area (Å²) in [6.07, 6.45) is 1.15. The number of aryl methyl sites for hydroxylation is 1. The lowest BCUT2D eigenvalue weighted by molar-refractivity contribution is -0.127. The minimum absolute atomic E-state index is 0.118. The van der Waals surface area contributed by atoms with Crippen molar-refractivity contribution in [1.82, 2.24) is 10.3 Å². The Morgan fingerprint density at radius 1 is 1.15 bits per heavy atom. The lowest BCUT2D eigenvalue weighted by Gasteiger charge is -2.14. The van der Waals surface area contributed by atoms with Gasteiger partial charge < -0.3 is 10.1 Å². The van der Waals surface area contributed by atoms with Crippen molar-refractivity contribution in [2.24, 2.45) is 0 Å². The van der Waals surface area contributed by atoms with Gasteiger partial charge in [-0.05, 0) is 31.0 Å². The fourth-order valence-corrected chi connectivity index (χ4v) is 3.51. The molecule has 0 fully saturated rings. The monoisotopic (exact) mass is 380 g/mol. The highest BCUT2D eigenvalue weighted by Crippen LogP contribution is 2.23. The molecule has 4 nitrogen and oxygen atoms in total. The molecule has 140 valence electrons. The van der Waals surface area contributed by atoms with E-state index in [1.54, 1.807) is 18.3 Å². The summed E-state index contributed by atoms with van der Waals surface area (Å²) in [6.45, 7) is 4.41. The first-order valence-corrected chi connectivity index (χ1v) is 10.1. The lowest BCUT2D eigenvalue weighted by atomic mass is 10.2. The van der Waals surface area contributed by atoms with E-state index in [4.69, 9.17) is 4.74 Å². The summed E-state index contributed by atoms with van der Waals surface area (Å²) in [7, 11) is 0. The normalized spacial score (nSPS) is 11.8. The van der Waals surface area contributed by atoms with Gasteiger partial charge in [-0.15, -0.1) is 11.3 Å². The zero-order valence-corrected chi connectivity index (χ0v) is 16.5. The third-order valence-corrected chi connectivity index (χ3v) is 5.21. The van der Waals surface area contributed by atoms with Crippen LogP contribution in [0, 0.1) is 0 Å². The van der Waals surface area contributed by atoms with E-state index in [9.17, 15) is 4.79 Å². The number of nitrogens with zero attached hydrogens (tertiary/aromatic N) is 1. The number of carbonyl (C=O) groups excluding carboxylic acids is 1. The summed E-state index contributed by atoms with van der Waals surface area (Å²) < 4.78 is 5.71. The molecule has 0 spiro atoms. The Balaban J connectivity index is 1.45. The Morgan fingerprint density at radius 3 is 2.59 bits per heavy atom. The highest BCUT2D eigenvalue weighted by Gasteiger charge is 2.14. The average Bonchev–Trinajstić information content (AvgIpc) is 3.18. The van der Waals surface area contributed by atoms with Crippen LogP contribution < -0.4 is 10.1 Å². The molecule has 0 saturated carbocycles. The van der Waals surface area contributed by atoms with E-state index in [1.807, 2.05) is 47.8 Å². The van der Waals surface area contributed by atoms with E-state index < -0.39 is 6.10 Å². The largest absolute Gasteiger partial charge is 0.481 e. The summed E-state index contributed by atoms with van der Waals surface area (Å²) in [5.41, 5.74) is 3.36. The van der Waals surface area contributed by atoms with Gasteiger partial charge in [0.15, 0.2) is 6.10 Å². The predicted octanol–water partition coefficient (Wildman–Crippen LogP) is 4.50. The highest BCUT2D eigenvalue weighted by atomic mass is 32.1. The number of rotatable bonds is 8. The van der Waals surface area contributed by atoms with Gasteiger partial charge in [0.1, 0.15) is 10.8 Å². The molecule has 0 aliphatic rings. The van der Waals surface area contributed by atoms with Crippen molar-refractivity contribution in [2.75, 3.05) is 6.54 Å². The molecule has 5 heteroatoms. The standard InChI is InChI=1S/C22H24N2O2S/c1-3-17-9-11-20(12-10-17)26-16(2)21(25)23-14-13-19-15-27-22(24-19)18-7-5-4-6-8-18/h4-12,15-16H,3,13-14H2,1-2H3,(H,23,25). The number of nitrogens with one attached hydrogen (secondary N) is 1. The second-order valence-corrected chi connectivity index (χ2v) is 7.17. The van der Waals surface area contributed by atoms with E-state index in [0.29, 0.717) is 18.7 Å². The van der Waals surface area contributed by atoms with Crippen molar-refractivity contribution in [3.8, 4) is 16.3 Å². The van der Waals surface area contributed by atoms with Crippen LogP contribution in [-0.4, -0.2) is 23.5 Å². The number of amides is 1. The summed E-state index contributed by atoms with van der Waals surface area (Å²) in [5, 5.41) is 5.97. The van der Waals surface area contributed by atoms with Gasteiger partial charge in [0, 0.05) is 23.9 Å². The van der Waals surface area contributed by atoms with Gasteiger partial charge in [-0.1, -0.05) is 49.4 Å². The number of carbonyl (C=O) groups is 1. The molecule has 3 rings (SSSR count). The van der Waals surface area contributed by atoms with Gasteiger partial charge in [0.25, 0.3) is 5.91 Å². The maximum Gasteiger partial charge on any atom is 0.260 e. The Morgan fingerprint density at radius 2 is 1.89 bits per heavy atom. The van der Waals surface area contributed by atoms with Gasteiger partial charge >= 0.3 is 0 Å². The third-order valence-electron chi connectivity index (χ3n) is 4.27. The first-order chi connectivity index (χ1) is 13.2. The van der Waals surface area contributed by atoms with Crippen molar-refractivity contribution < 1.29 is 9.53 Å². The molecule has 0 aliphatic carbocycles. The molecule has 1 N–H and O–H groups in total. The zero-order valence-electron chi connectivity index (χ0n) is 15.6. The highest BCUT2D eigenvalue weighted by molar-refractivity contribution is 7.13. The minimum Gasteiger partial charge on any atom is -0.481 e. The van der Waals surface area contributed by atoms with Crippen molar-refractivity contribution in [1.29, 1.82) is 0 Å². The smallest absolute Gasteiger partial charge is 0.260 e. The van der Waals surface area contributed by atoms with Crippen LogP contribution in [0.2, 0.25) is 0 Å². The molecule has 1 aromatic heterocycles. The van der Waals surface area contributed by atoms with Crippen LogP contribution in [-0.2, 0) is 17.6 Å². The molecule has 0 radical (unpaired) electrons. The number of hydrogen-bond acceptors (Lipinski definition) is 4. The van der Waals surface area contributed by atoms with Crippen LogP contribution in [0.15, 0.2) is 60.0 Å². The van der Waals surface area contributed by atoms with Gasteiger partial charge in [-0.2, -0.15) is 0 Å². The maximum absolute atomic E-state index is 12.2. The van der Waals surface area contributed by atoms with Crippen LogP contribution >= 0.6 is 11.3 Å². The number of aromatic nitrogens is 1. The minimum atomic E-state index is -0.534. The molecule has 2 aromatic carbocycles. The molecule has 0 aliphatic heterocycles. The Kier molecular flexibility index (Phi) is 6.60. The van der Waals surface area contributed by atoms with Crippen LogP contribution in [0.25, 0.3) is 10.6 Å². The Labute approximate surface area is 164 Å². The Hall–Kier alpha value is -2.66. The van der Waals surface area contributed by atoms with E-state index in [0.717, 1.165) is 22.7 Å². The van der Waals surface area contributed by atoms with E-state index in [-0.39, 0.29) is 5.91 Å². The average molecular weight is 381 g/mol. The molecule has 27 heavy (non-hydrogen) atoms. The summed E-state index contributed by atoms with van der Waals surface area (Å²) in [4.78, 5) is 16.9. The number of benzene rings is 2. The Bertz CT molecular complexity index is 860. The fourth-order valence-electron chi connectivity index (χ4n) is 2.65. The summed E-state index contributed by atoms with van der Waals surface area (Å²) >= 11 is 1.62. The van der Waals surface area contributed by atoms with Crippen LogP contribution in [0.3, 0.4) is 0 Å². The SMILES string of the molecule is CCc1ccc(OC(C)C(=O)NCCc2csc(-c3ccccc3)n2)cc1. The van der Waals surface area contributed by atoms with Gasteiger partial charge in [0.05, 0.1) is 5.69 Å². The third kappa shape index (κ3) is 5.41. The maximum atomic E-state index is 12.2. The lowest BCUT2D eigenvalue weighted by Crippen LogP contribution is -2.37. The van der Waals surface area contributed by atoms with Crippen molar-refractivity contribution in [3.05, 3.63) is 71.2 Å². The molecule has 1 atom stereocenters. The molecule has 1 heterocycles. The quantitative estimate of drug-likeness (QED) is 0.626. The molecule has 0 bridgehead atoms. The van der Waals surface area contributed by atoms with Crippen LogP contribution in [0.5, 0.6) is 5.75 Å². The zero-order chi connectivity index (χ0) is 19.1. The topological polar surface area (TPSA) is 51.2 Å². The molecule has 1 unspecified atom stereocenters. The second-order valence-electron chi connectivity index (χ2n) is 6.31. The molecule has 0 saturated heterocycles.